The van der Waals surface area contributed by atoms with Gasteiger partial charge in [-0.15, -0.1) is 11.3 Å². The molecule has 3 aromatic rings. The van der Waals surface area contributed by atoms with Crippen molar-refractivity contribution in [3.8, 4) is 11.1 Å². The molecular weight excluding hydrogens is 466 g/mol. The molecule has 1 aliphatic heterocycles. The summed E-state index contributed by atoms with van der Waals surface area (Å²) in [5, 5.41) is 13.6. The summed E-state index contributed by atoms with van der Waals surface area (Å²) in [6.07, 6.45) is -0.590. The van der Waals surface area contributed by atoms with E-state index in [9.17, 15) is 14.4 Å². The number of fused-ring (bicyclic) bond motifs is 3. The van der Waals surface area contributed by atoms with E-state index in [2.05, 4.69) is 34.6 Å². The van der Waals surface area contributed by atoms with Crippen molar-refractivity contribution in [3.05, 3.63) is 70.7 Å². The first-order valence-electron chi connectivity index (χ1n) is 11.5. The lowest BCUT2D eigenvalue weighted by Gasteiger charge is -2.14. The molecule has 0 spiro atoms. The normalized spacial score (nSPS) is 18.7. The first-order valence-corrected chi connectivity index (χ1v) is 12.4. The maximum Gasteiger partial charge on any atom is 0.413 e. The Morgan fingerprint density at radius 3 is 2.40 bits per heavy atom. The summed E-state index contributed by atoms with van der Waals surface area (Å²) < 4.78 is 5.54. The standard InChI is InChI=1S/C26H25N3O5S/c1-15-11-29(12-16(15)10-23(30)31)24(32)22-14-35-25(27-22)28-26(33)34-13-21-19-8-4-2-6-17(19)18-7-3-5-9-20(18)21/h2-9,14-16,21H,10-13H2,1H3,(H,30,31)(H,27,28,33). The molecule has 9 heteroatoms. The second-order valence-electron chi connectivity index (χ2n) is 9.03. The number of hydrogen-bond acceptors (Lipinski definition) is 6. The van der Waals surface area contributed by atoms with Gasteiger partial charge in [-0.05, 0) is 34.1 Å². The Hall–Kier alpha value is -3.72. The highest BCUT2D eigenvalue weighted by atomic mass is 32.1. The molecule has 5 rings (SSSR count). The molecule has 180 valence electrons. The van der Waals surface area contributed by atoms with Crippen LogP contribution in [0, 0.1) is 11.8 Å². The fourth-order valence-corrected chi connectivity index (χ4v) is 5.67. The molecule has 1 saturated heterocycles. The molecule has 2 aromatic carbocycles. The molecule has 0 saturated carbocycles. The Balaban J connectivity index is 1.19. The highest BCUT2D eigenvalue weighted by Gasteiger charge is 2.35. The molecule has 0 radical (unpaired) electrons. The van der Waals surface area contributed by atoms with Crippen molar-refractivity contribution < 1.29 is 24.2 Å². The average Bonchev–Trinajstić information content (AvgIpc) is 3.53. The average molecular weight is 492 g/mol. The number of anilines is 1. The van der Waals surface area contributed by atoms with Crippen LogP contribution in [0.2, 0.25) is 0 Å². The predicted octanol–water partition coefficient (Wildman–Crippen LogP) is 4.69. The largest absolute Gasteiger partial charge is 0.481 e. The molecule has 1 aliphatic carbocycles. The van der Waals surface area contributed by atoms with E-state index >= 15 is 0 Å². The maximum atomic E-state index is 12.8. The van der Waals surface area contributed by atoms with Crippen LogP contribution in [0.25, 0.3) is 11.1 Å². The number of nitrogens with one attached hydrogen (secondary N) is 1. The molecule has 2 unspecified atom stereocenters. The van der Waals surface area contributed by atoms with Crippen molar-refractivity contribution in [3.63, 3.8) is 0 Å². The van der Waals surface area contributed by atoms with Gasteiger partial charge in [-0.2, -0.15) is 0 Å². The van der Waals surface area contributed by atoms with Gasteiger partial charge < -0.3 is 14.7 Å². The first-order chi connectivity index (χ1) is 16.9. The number of benzene rings is 2. The van der Waals surface area contributed by atoms with Gasteiger partial charge in [-0.3, -0.25) is 14.9 Å². The Morgan fingerprint density at radius 2 is 1.74 bits per heavy atom. The topological polar surface area (TPSA) is 109 Å². The number of nitrogens with zero attached hydrogens (tertiary/aromatic N) is 2. The van der Waals surface area contributed by atoms with Crippen LogP contribution in [0.3, 0.4) is 0 Å². The molecule has 8 nitrogen and oxygen atoms in total. The number of carboxylic acids is 1. The van der Waals surface area contributed by atoms with Gasteiger partial charge in [0.05, 0.1) is 6.42 Å². The van der Waals surface area contributed by atoms with Gasteiger partial charge in [0.25, 0.3) is 5.91 Å². The second kappa shape index (κ2) is 9.50. The third kappa shape index (κ3) is 4.64. The van der Waals surface area contributed by atoms with Crippen molar-refractivity contribution in [2.24, 2.45) is 11.8 Å². The molecule has 1 fully saturated rings. The van der Waals surface area contributed by atoms with Crippen LogP contribution >= 0.6 is 11.3 Å². The molecule has 2 amide bonds. The fraction of sp³-hybridized carbons (Fsp3) is 0.308. The van der Waals surface area contributed by atoms with Gasteiger partial charge in [-0.25, -0.2) is 9.78 Å². The van der Waals surface area contributed by atoms with E-state index < -0.39 is 12.1 Å². The summed E-state index contributed by atoms with van der Waals surface area (Å²) in [6, 6.07) is 16.2. The molecular formula is C26H25N3O5S. The molecule has 2 heterocycles. The number of carbonyl (C=O) groups is 3. The third-order valence-corrected chi connectivity index (χ3v) is 7.53. The van der Waals surface area contributed by atoms with E-state index in [1.807, 2.05) is 31.2 Å². The van der Waals surface area contributed by atoms with Gasteiger partial charge in [0.2, 0.25) is 0 Å². The molecule has 2 aliphatic rings. The number of hydrogen-bond donors (Lipinski definition) is 2. The molecule has 1 aromatic heterocycles. The highest BCUT2D eigenvalue weighted by Crippen LogP contribution is 2.44. The van der Waals surface area contributed by atoms with Gasteiger partial charge in [-0.1, -0.05) is 55.5 Å². The lowest BCUT2D eigenvalue weighted by molar-refractivity contribution is -0.138. The van der Waals surface area contributed by atoms with Crippen LogP contribution < -0.4 is 5.32 Å². The van der Waals surface area contributed by atoms with E-state index in [4.69, 9.17) is 9.84 Å². The van der Waals surface area contributed by atoms with Crippen molar-refractivity contribution in [2.45, 2.75) is 19.3 Å². The second-order valence-corrected chi connectivity index (χ2v) is 9.89. The van der Waals surface area contributed by atoms with Crippen LogP contribution in [-0.4, -0.2) is 52.7 Å². The van der Waals surface area contributed by atoms with E-state index in [1.54, 1.807) is 10.3 Å². The number of thiazole rings is 1. The monoisotopic (exact) mass is 491 g/mol. The van der Waals surface area contributed by atoms with Crippen LogP contribution in [0.4, 0.5) is 9.93 Å². The van der Waals surface area contributed by atoms with Gasteiger partial charge >= 0.3 is 12.1 Å². The van der Waals surface area contributed by atoms with E-state index in [-0.39, 0.29) is 47.5 Å². The number of aromatic nitrogens is 1. The van der Waals surface area contributed by atoms with Crippen LogP contribution in [0.5, 0.6) is 0 Å². The van der Waals surface area contributed by atoms with Gasteiger partial charge in [0.1, 0.15) is 12.3 Å². The Labute approximate surface area is 206 Å². The van der Waals surface area contributed by atoms with Gasteiger partial charge in [0, 0.05) is 24.4 Å². The number of carboxylic acid groups (broad SMARTS) is 1. The molecule has 35 heavy (non-hydrogen) atoms. The minimum absolute atomic E-state index is 0.0383. The zero-order valence-electron chi connectivity index (χ0n) is 19.1. The number of rotatable bonds is 6. The first kappa shape index (κ1) is 23.0. The van der Waals surface area contributed by atoms with Gasteiger partial charge in [0.15, 0.2) is 5.13 Å². The van der Waals surface area contributed by atoms with Crippen LogP contribution in [0.1, 0.15) is 40.9 Å². The lowest BCUT2D eigenvalue weighted by atomic mass is 9.95. The Bertz CT molecular complexity index is 1240. The summed E-state index contributed by atoms with van der Waals surface area (Å²) in [4.78, 5) is 42.3. The summed E-state index contributed by atoms with van der Waals surface area (Å²) in [5.41, 5.74) is 4.80. The van der Waals surface area contributed by atoms with E-state index in [0.717, 1.165) is 33.6 Å². The molecule has 2 N–H and O–H groups in total. The lowest BCUT2D eigenvalue weighted by Crippen LogP contribution is -2.29. The molecule has 0 bridgehead atoms. The zero-order chi connectivity index (χ0) is 24.5. The minimum atomic E-state index is -0.862. The molecule has 2 atom stereocenters. The SMILES string of the molecule is CC1CN(C(=O)c2csc(NC(=O)OCC3c4ccccc4-c4ccccc43)n2)CC1CC(=O)O. The number of carbonyl (C=O) groups excluding carboxylic acids is 2. The highest BCUT2D eigenvalue weighted by molar-refractivity contribution is 7.14. The summed E-state index contributed by atoms with van der Waals surface area (Å²) in [6.45, 7) is 3.02. The quantitative estimate of drug-likeness (QED) is 0.518. The number of aliphatic carboxylic acids is 1. The fourth-order valence-electron chi connectivity index (χ4n) is 5.00. The summed E-state index contributed by atoms with van der Waals surface area (Å²) >= 11 is 1.15. The van der Waals surface area contributed by atoms with Crippen molar-refractivity contribution in [2.75, 3.05) is 25.0 Å². The predicted molar refractivity (Wildman–Crippen MR) is 132 cm³/mol. The minimum Gasteiger partial charge on any atom is -0.481 e. The summed E-state index contributed by atoms with van der Waals surface area (Å²) in [5.74, 6) is -1.14. The third-order valence-electron chi connectivity index (χ3n) is 6.77. The number of amides is 2. The maximum absolute atomic E-state index is 12.8. The number of likely N-dealkylation sites (tertiary alicyclic amines) is 1. The zero-order valence-corrected chi connectivity index (χ0v) is 20.0. The van der Waals surface area contributed by atoms with Crippen molar-refractivity contribution in [1.29, 1.82) is 0 Å². The Kier molecular flexibility index (Phi) is 6.25. The Morgan fingerprint density at radius 1 is 1.09 bits per heavy atom. The van der Waals surface area contributed by atoms with Crippen molar-refractivity contribution >= 4 is 34.4 Å². The number of ether oxygens (including phenoxy) is 1. The van der Waals surface area contributed by atoms with E-state index in [1.165, 1.54) is 0 Å². The smallest absolute Gasteiger partial charge is 0.413 e. The van der Waals surface area contributed by atoms with E-state index in [0.29, 0.717) is 13.1 Å². The summed E-state index contributed by atoms with van der Waals surface area (Å²) in [7, 11) is 0. The van der Waals surface area contributed by atoms with Crippen molar-refractivity contribution in [1.82, 2.24) is 9.88 Å². The van der Waals surface area contributed by atoms with Crippen LogP contribution in [-0.2, 0) is 9.53 Å². The van der Waals surface area contributed by atoms with Crippen LogP contribution in [0.15, 0.2) is 53.9 Å².